The first-order chi connectivity index (χ1) is 13.7. The second-order valence-electron chi connectivity index (χ2n) is 5.78. The fourth-order valence-electron chi connectivity index (χ4n) is 2.47. The molecule has 0 aliphatic carbocycles. The Kier molecular flexibility index (Phi) is 6.65. The predicted octanol–water partition coefficient (Wildman–Crippen LogP) is 5.47. The van der Waals surface area contributed by atoms with E-state index in [4.69, 9.17) is 21.2 Å². The van der Waals surface area contributed by atoms with Crippen LogP contribution >= 0.6 is 11.6 Å². The van der Waals surface area contributed by atoms with Gasteiger partial charge >= 0.3 is 5.97 Å². The molecule has 0 bridgehead atoms. The van der Waals surface area contributed by atoms with E-state index in [1.54, 1.807) is 0 Å². The minimum atomic E-state index is -0.580. The number of hydrogen-bond donors (Lipinski definition) is 0. The molecule has 0 N–H and O–H groups in total. The van der Waals surface area contributed by atoms with E-state index in [2.05, 4.69) is 9.89 Å². The number of hydrogen-bond acceptors (Lipinski definition) is 5. The maximum Gasteiger partial charge on any atom is 0.352 e. The summed E-state index contributed by atoms with van der Waals surface area (Å²) in [7, 11) is 1.27. The van der Waals surface area contributed by atoms with Gasteiger partial charge in [0.05, 0.1) is 7.11 Å². The summed E-state index contributed by atoms with van der Waals surface area (Å²) in [5.74, 6) is 0.755. The summed E-state index contributed by atoms with van der Waals surface area (Å²) in [6.07, 6.45) is 0.971. The number of esters is 1. The lowest BCUT2D eigenvalue weighted by Gasteiger charge is -2.11. The van der Waals surface area contributed by atoms with Crippen molar-refractivity contribution >= 4 is 23.8 Å². The van der Waals surface area contributed by atoms with Gasteiger partial charge in [0.25, 0.3) is 0 Å². The highest BCUT2D eigenvalue weighted by atomic mass is 35.5. The summed E-state index contributed by atoms with van der Waals surface area (Å²) in [4.78, 5) is 16.2. The second-order valence-corrected chi connectivity index (χ2v) is 6.21. The van der Waals surface area contributed by atoms with Crippen LogP contribution in [-0.4, -0.2) is 19.3 Å². The number of benzene rings is 3. The number of ether oxygens (including phenoxy) is 2. The highest BCUT2D eigenvalue weighted by Gasteiger charge is 2.07. The standard InChI is InChI=1S/C22H18ClNO4/c1-26-22(25)14-24-27-15-18-5-2-3-8-21(18)28-20-7-4-6-17(13-20)16-9-11-19(23)12-10-16/h2-14H,15H2,1H3. The molecule has 0 fully saturated rings. The van der Waals surface area contributed by atoms with E-state index in [-0.39, 0.29) is 6.61 Å². The molecule has 3 rings (SSSR count). The van der Waals surface area contributed by atoms with Gasteiger partial charge < -0.3 is 14.3 Å². The first kappa shape index (κ1) is 19.5. The van der Waals surface area contributed by atoms with Crippen molar-refractivity contribution in [3.63, 3.8) is 0 Å². The van der Waals surface area contributed by atoms with E-state index in [0.717, 1.165) is 22.9 Å². The van der Waals surface area contributed by atoms with E-state index in [1.807, 2.05) is 72.8 Å². The molecular weight excluding hydrogens is 378 g/mol. The molecule has 3 aromatic carbocycles. The molecule has 0 heterocycles. The average Bonchev–Trinajstić information content (AvgIpc) is 2.73. The molecule has 0 radical (unpaired) electrons. The molecule has 5 nitrogen and oxygen atoms in total. The van der Waals surface area contributed by atoms with Gasteiger partial charge in [0, 0.05) is 10.6 Å². The first-order valence-electron chi connectivity index (χ1n) is 8.51. The summed E-state index contributed by atoms with van der Waals surface area (Å²) in [6.45, 7) is 0.153. The molecule has 0 aromatic heterocycles. The van der Waals surface area contributed by atoms with Gasteiger partial charge in [0.15, 0.2) is 6.21 Å². The van der Waals surface area contributed by atoms with Gasteiger partial charge in [-0.05, 0) is 41.5 Å². The number of para-hydroxylation sites is 1. The number of halogens is 1. The van der Waals surface area contributed by atoms with Crippen LogP contribution in [0.3, 0.4) is 0 Å². The van der Waals surface area contributed by atoms with Crippen LogP contribution in [-0.2, 0) is 21.0 Å². The molecule has 0 saturated heterocycles. The number of oxime groups is 1. The van der Waals surface area contributed by atoms with Crippen LogP contribution in [0.2, 0.25) is 5.02 Å². The van der Waals surface area contributed by atoms with E-state index in [0.29, 0.717) is 16.5 Å². The van der Waals surface area contributed by atoms with Gasteiger partial charge in [-0.1, -0.05) is 59.2 Å². The zero-order chi connectivity index (χ0) is 19.8. The predicted molar refractivity (Wildman–Crippen MR) is 109 cm³/mol. The summed E-state index contributed by atoms with van der Waals surface area (Å²) in [5, 5.41) is 4.27. The van der Waals surface area contributed by atoms with Crippen molar-refractivity contribution in [2.45, 2.75) is 6.61 Å². The van der Waals surface area contributed by atoms with Crippen LogP contribution in [0.4, 0.5) is 0 Å². The molecule has 28 heavy (non-hydrogen) atoms. The lowest BCUT2D eigenvalue weighted by molar-refractivity contribution is -0.132. The van der Waals surface area contributed by atoms with Gasteiger partial charge in [-0.15, -0.1) is 0 Å². The molecule has 0 aliphatic heterocycles. The van der Waals surface area contributed by atoms with E-state index in [1.165, 1.54) is 7.11 Å². The summed E-state index contributed by atoms with van der Waals surface area (Å²) in [6, 6.07) is 22.9. The Balaban J connectivity index is 1.73. The highest BCUT2D eigenvalue weighted by molar-refractivity contribution is 6.30. The van der Waals surface area contributed by atoms with Crippen molar-refractivity contribution in [2.24, 2.45) is 5.16 Å². The topological polar surface area (TPSA) is 57.1 Å². The lowest BCUT2D eigenvalue weighted by atomic mass is 10.1. The third-order valence-electron chi connectivity index (χ3n) is 3.87. The summed E-state index contributed by atoms with van der Waals surface area (Å²) >= 11 is 5.96. The molecule has 0 atom stereocenters. The first-order valence-corrected chi connectivity index (χ1v) is 8.88. The van der Waals surface area contributed by atoms with Gasteiger partial charge in [-0.2, -0.15) is 0 Å². The van der Waals surface area contributed by atoms with Crippen molar-refractivity contribution in [3.8, 4) is 22.6 Å². The van der Waals surface area contributed by atoms with Gasteiger partial charge in [-0.3, -0.25) is 0 Å². The largest absolute Gasteiger partial charge is 0.465 e. The Bertz CT molecular complexity index is 970. The fourth-order valence-corrected chi connectivity index (χ4v) is 2.60. The molecule has 0 amide bonds. The minimum absolute atomic E-state index is 0.153. The van der Waals surface area contributed by atoms with Crippen molar-refractivity contribution in [2.75, 3.05) is 7.11 Å². The van der Waals surface area contributed by atoms with Crippen molar-refractivity contribution in [1.82, 2.24) is 0 Å². The summed E-state index contributed by atoms with van der Waals surface area (Å²) in [5.41, 5.74) is 2.86. The quantitative estimate of drug-likeness (QED) is 0.302. The molecule has 3 aromatic rings. The molecule has 0 saturated carbocycles. The van der Waals surface area contributed by atoms with Gasteiger partial charge in [-0.25, -0.2) is 4.79 Å². The SMILES string of the molecule is COC(=O)C=NOCc1ccccc1Oc1cccc(-c2ccc(Cl)cc2)c1. The molecule has 142 valence electrons. The average molecular weight is 396 g/mol. The number of carbonyl (C=O) groups is 1. The third kappa shape index (κ3) is 5.34. The maximum absolute atomic E-state index is 11.0. The van der Waals surface area contributed by atoms with Crippen LogP contribution in [0, 0.1) is 0 Å². The maximum atomic E-state index is 11.0. The second kappa shape index (κ2) is 9.58. The van der Waals surface area contributed by atoms with E-state index in [9.17, 15) is 4.79 Å². The van der Waals surface area contributed by atoms with E-state index < -0.39 is 5.97 Å². The van der Waals surface area contributed by atoms with Crippen LogP contribution in [0.15, 0.2) is 78.0 Å². The number of nitrogens with zero attached hydrogens (tertiary/aromatic N) is 1. The Hall–Kier alpha value is -3.31. The van der Waals surface area contributed by atoms with Crippen LogP contribution in [0.25, 0.3) is 11.1 Å². The number of carbonyl (C=O) groups excluding carboxylic acids is 1. The Morgan fingerprint density at radius 1 is 1.00 bits per heavy atom. The lowest BCUT2D eigenvalue weighted by Crippen LogP contribution is -2.01. The van der Waals surface area contributed by atoms with Crippen LogP contribution in [0.5, 0.6) is 11.5 Å². The van der Waals surface area contributed by atoms with Crippen LogP contribution in [0.1, 0.15) is 5.56 Å². The van der Waals surface area contributed by atoms with Gasteiger partial charge in [0.1, 0.15) is 18.1 Å². The normalized spacial score (nSPS) is 10.6. The van der Waals surface area contributed by atoms with Crippen molar-refractivity contribution in [1.29, 1.82) is 0 Å². The molecule has 0 aliphatic rings. The molecule has 6 heteroatoms. The summed E-state index contributed by atoms with van der Waals surface area (Å²) < 4.78 is 10.5. The van der Waals surface area contributed by atoms with Crippen molar-refractivity contribution < 1.29 is 19.1 Å². The van der Waals surface area contributed by atoms with Gasteiger partial charge in [0.2, 0.25) is 0 Å². The fraction of sp³-hybridized carbons (Fsp3) is 0.0909. The molecule has 0 spiro atoms. The third-order valence-corrected chi connectivity index (χ3v) is 4.12. The monoisotopic (exact) mass is 395 g/mol. The minimum Gasteiger partial charge on any atom is -0.465 e. The zero-order valence-corrected chi connectivity index (χ0v) is 15.9. The van der Waals surface area contributed by atoms with Crippen LogP contribution < -0.4 is 4.74 Å². The Morgan fingerprint density at radius 3 is 2.57 bits per heavy atom. The highest BCUT2D eigenvalue weighted by Crippen LogP contribution is 2.30. The van der Waals surface area contributed by atoms with Crippen molar-refractivity contribution in [3.05, 3.63) is 83.4 Å². The Labute approximate surface area is 168 Å². The van der Waals surface area contributed by atoms with E-state index >= 15 is 0 Å². The number of rotatable bonds is 7. The zero-order valence-electron chi connectivity index (χ0n) is 15.2. The molecule has 0 unspecified atom stereocenters. The Morgan fingerprint density at radius 2 is 1.79 bits per heavy atom. The smallest absolute Gasteiger partial charge is 0.352 e. The molecular formula is C22H18ClNO4. The number of methoxy groups -OCH3 is 1.